The van der Waals surface area contributed by atoms with Crippen LogP contribution in [0, 0.1) is 0 Å². The zero-order valence-electron chi connectivity index (χ0n) is 15.0. The van der Waals surface area contributed by atoms with Crippen LogP contribution in [0.5, 0.6) is 11.5 Å². The number of pyridine rings is 1. The molecule has 2 aromatic heterocycles. The molecule has 0 bridgehead atoms. The molecular formula is C19H18N4O4. The van der Waals surface area contributed by atoms with Crippen molar-refractivity contribution in [2.75, 3.05) is 25.7 Å². The van der Waals surface area contributed by atoms with Gasteiger partial charge in [-0.2, -0.15) is 4.98 Å². The third-order valence-electron chi connectivity index (χ3n) is 4.51. The first-order valence-electron chi connectivity index (χ1n) is 8.46. The van der Waals surface area contributed by atoms with Crippen LogP contribution < -0.4 is 14.4 Å². The second-order valence-corrected chi connectivity index (χ2v) is 6.14. The Morgan fingerprint density at radius 3 is 2.78 bits per heavy atom. The van der Waals surface area contributed by atoms with Crippen molar-refractivity contribution in [3.8, 4) is 22.9 Å². The Kier molecular flexibility index (Phi) is 4.45. The Morgan fingerprint density at radius 1 is 1.19 bits per heavy atom. The van der Waals surface area contributed by atoms with Crippen LogP contribution in [-0.4, -0.2) is 41.8 Å². The molecule has 8 nitrogen and oxygen atoms in total. The van der Waals surface area contributed by atoms with Crippen LogP contribution in [0.2, 0.25) is 0 Å². The molecule has 0 saturated carbocycles. The minimum absolute atomic E-state index is 0.00616. The number of aromatic nitrogens is 3. The normalized spacial score (nSPS) is 16.6. The second-order valence-electron chi connectivity index (χ2n) is 6.14. The fraction of sp³-hybridized carbons (Fsp3) is 0.263. The highest BCUT2D eigenvalue weighted by molar-refractivity contribution is 5.96. The lowest BCUT2D eigenvalue weighted by Crippen LogP contribution is -2.24. The minimum atomic E-state index is -0.163. The summed E-state index contributed by atoms with van der Waals surface area (Å²) in [6, 6.07) is 9.06. The van der Waals surface area contributed by atoms with Gasteiger partial charge in [0.05, 0.1) is 20.1 Å². The van der Waals surface area contributed by atoms with E-state index in [-0.39, 0.29) is 11.8 Å². The van der Waals surface area contributed by atoms with E-state index in [1.54, 1.807) is 43.6 Å². The number of rotatable bonds is 5. The van der Waals surface area contributed by atoms with Crippen LogP contribution in [0.25, 0.3) is 11.4 Å². The van der Waals surface area contributed by atoms with Gasteiger partial charge in [0.25, 0.3) is 0 Å². The molecule has 4 rings (SSSR count). The average molecular weight is 366 g/mol. The number of benzene rings is 1. The molecule has 1 fully saturated rings. The second kappa shape index (κ2) is 7.06. The molecule has 1 aliphatic rings. The number of methoxy groups -OCH3 is 2. The summed E-state index contributed by atoms with van der Waals surface area (Å²) in [4.78, 5) is 22.7. The van der Waals surface area contributed by atoms with Gasteiger partial charge >= 0.3 is 0 Å². The highest BCUT2D eigenvalue weighted by Gasteiger charge is 2.35. The molecule has 0 spiro atoms. The first-order valence-corrected chi connectivity index (χ1v) is 8.46. The Morgan fingerprint density at radius 2 is 2.04 bits per heavy atom. The first-order chi connectivity index (χ1) is 13.2. The molecule has 0 unspecified atom stereocenters. The van der Waals surface area contributed by atoms with Crippen molar-refractivity contribution in [3.63, 3.8) is 0 Å². The summed E-state index contributed by atoms with van der Waals surface area (Å²) in [6.07, 6.45) is 3.66. The number of ether oxygens (including phenoxy) is 2. The summed E-state index contributed by atoms with van der Waals surface area (Å²) < 4.78 is 16.0. The van der Waals surface area contributed by atoms with Gasteiger partial charge in [-0.15, -0.1) is 0 Å². The zero-order chi connectivity index (χ0) is 18.8. The van der Waals surface area contributed by atoms with E-state index >= 15 is 0 Å². The number of hydrogen-bond donors (Lipinski definition) is 0. The van der Waals surface area contributed by atoms with Crippen molar-refractivity contribution >= 4 is 11.6 Å². The van der Waals surface area contributed by atoms with Crippen molar-refractivity contribution in [1.82, 2.24) is 15.1 Å². The van der Waals surface area contributed by atoms with Gasteiger partial charge in [0.15, 0.2) is 11.5 Å². The molecule has 3 aromatic rings. The van der Waals surface area contributed by atoms with Crippen LogP contribution >= 0.6 is 0 Å². The number of carbonyl (C=O) groups excluding carboxylic acids is 1. The van der Waals surface area contributed by atoms with Gasteiger partial charge in [0, 0.05) is 42.7 Å². The van der Waals surface area contributed by atoms with Crippen LogP contribution in [0.3, 0.4) is 0 Å². The summed E-state index contributed by atoms with van der Waals surface area (Å²) in [5.41, 5.74) is 1.51. The standard InChI is InChI=1S/C19H18N4O4/c1-25-15-6-5-14(9-16(15)26-2)23-11-13(8-17(23)24)19-21-18(22-27-19)12-4-3-7-20-10-12/h3-7,9-10,13H,8,11H2,1-2H3/t13-/m1/s1. The number of anilines is 1. The van der Waals surface area contributed by atoms with Crippen LogP contribution in [0.15, 0.2) is 47.2 Å². The van der Waals surface area contributed by atoms with E-state index in [2.05, 4.69) is 15.1 Å². The lowest BCUT2D eigenvalue weighted by molar-refractivity contribution is -0.117. The fourth-order valence-electron chi connectivity index (χ4n) is 3.13. The van der Waals surface area contributed by atoms with Gasteiger partial charge in [0.2, 0.25) is 17.6 Å². The Labute approximate surface area is 155 Å². The maximum atomic E-state index is 12.5. The number of carbonyl (C=O) groups is 1. The quantitative estimate of drug-likeness (QED) is 0.685. The van der Waals surface area contributed by atoms with Crippen molar-refractivity contribution in [2.45, 2.75) is 12.3 Å². The van der Waals surface area contributed by atoms with Crippen molar-refractivity contribution in [3.05, 3.63) is 48.6 Å². The number of nitrogens with zero attached hydrogens (tertiary/aromatic N) is 4. The highest BCUT2D eigenvalue weighted by atomic mass is 16.5. The van der Waals surface area contributed by atoms with Crippen LogP contribution in [0.4, 0.5) is 5.69 Å². The molecule has 3 heterocycles. The number of amides is 1. The van der Waals surface area contributed by atoms with E-state index < -0.39 is 0 Å². The van der Waals surface area contributed by atoms with Crippen LogP contribution in [0.1, 0.15) is 18.2 Å². The average Bonchev–Trinajstić information content (AvgIpc) is 3.35. The molecule has 1 atom stereocenters. The van der Waals surface area contributed by atoms with E-state index in [9.17, 15) is 4.79 Å². The van der Waals surface area contributed by atoms with E-state index in [1.807, 2.05) is 18.2 Å². The van der Waals surface area contributed by atoms with Gasteiger partial charge in [-0.3, -0.25) is 9.78 Å². The number of hydrogen-bond acceptors (Lipinski definition) is 7. The largest absolute Gasteiger partial charge is 0.493 e. The van der Waals surface area contributed by atoms with Crippen molar-refractivity contribution < 1.29 is 18.8 Å². The fourth-order valence-corrected chi connectivity index (χ4v) is 3.13. The molecule has 138 valence electrons. The van der Waals surface area contributed by atoms with Gasteiger partial charge < -0.3 is 18.9 Å². The minimum Gasteiger partial charge on any atom is -0.493 e. The SMILES string of the molecule is COc1ccc(N2C[C@H](c3nc(-c4cccnc4)no3)CC2=O)cc1OC. The third kappa shape index (κ3) is 3.21. The van der Waals surface area contributed by atoms with Gasteiger partial charge in [-0.05, 0) is 24.3 Å². The molecule has 1 amide bonds. The smallest absolute Gasteiger partial charge is 0.232 e. The Hall–Kier alpha value is -3.42. The summed E-state index contributed by atoms with van der Waals surface area (Å²) in [6.45, 7) is 0.461. The predicted molar refractivity (Wildman–Crippen MR) is 96.8 cm³/mol. The summed E-state index contributed by atoms with van der Waals surface area (Å²) >= 11 is 0. The molecule has 0 aliphatic carbocycles. The van der Waals surface area contributed by atoms with Gasteiger partial charge in [0.1, 0.15) is 0 Å². The molecule has 27 heavy (non-hydrogen) atoms. The summed E-state index contributed by atoms with van der Waals surface area (Å²) in [5.74, 6) is 1.93. The molecule has 0 N–H and O–H groups in total. The van der Waals surface area contributed by atoms with Crippen molar-refractivity contribution in [2.24, 2.45) is 0 Å². The summed E-state index contributed by atoms with van der Waals surface area (Å²) in [7, 11) is 3.14. The highest BCUT2D eigenvalue weighted by Crippen LogP contribution is 2.36. The first kappa shape index (κ1) is 17.0. The summed E-state index contributed by atoms with van der Waals surface area (Å²) in [5, 5.41) is 4.01. The Bertz CT molecular complexity index is 957. The molecule has 1 saturated heterocycles. The monoisotopic (exact) mass is 366 g/mol. The van der Waals surface area contributed by atoms with Gasteiger partial charge in [-0.25, -0.2) is 0 Å². The lowest BCUT2D eigenvalue weighted by Gasteiger charge is -2.18. The molecule has 1 aromatic carbocycles. The Balaban J connectivity index is 1.55. The topological polar surface area (TPSA) is 90.6 Å². The predicted octanol–water partition coefficient (Wildman–Crippen LogP) is 2.67. The molecule has 8 heteroatoms. The van der Waals surface area contributed by atoms with E-state index in [0.29, 0.717) is 36.2 Å². The maximum Gasteiger partial charge on any atom is 0.232 e. The van der Waals surface area contributed by atoms with Crippen molar-refractivity contribution in [1.29, 1.82) is 0 Å². The van der Waals surface area contributed by atoms with E-state index in [1.165, 1.54) is 0 Å². The van der Waals surface area contributed by atoms with Crippen LogP contribution in [-0.2, 0) is 4.79 Å². The lowest BCUT2D eigenvalue weighted by atomic mass is 10.1. The zero-order valence-corrected chi connectivity index (χ0v) is 15.0. The third-order valence-corrected chi connectivity index (χ3v) is 4.51. The molecule has 0 radical (unpaired) electrons. The molecular weight excluding hydrogens is 348 g/mol. The maximum absolute atomic E-state index is 12.5. The van der Waals surface area contributed by atoms with E-state index in [0.717, 1.165) is 11.3 Å². The van der Waals surface area contributed by atoms with Gasteiger partial charge in [-0.1, -0.05) is 5.16 Å². The molecule has 1 aliphatic heterocycles. The van der Waals surface area contributed by atoms with E-state index in [4.69, 9.17) is 14.0 Å².